The molecule has 0 bridgehead atoms. The molecule has 0 aliphatic heterocycles. The fraction of sp³-hybridized carbons (Fsp3) is 1.00. The van der Waals surface area contributed by atoms with E-state index in [9.17, 15) is 4.39 Å². The largest absolute Gasteiger partial charge is 0.308 e. The van der Waals surface area contributed by atoms with Gasteiger partial charge in [-0.1, -0.05) is 12.8 Å². The van der Waals surface area contributed by atoms with Crippen LogP contribution in [0.2, 0.25) is 0 Å². The molecule has 0 amide bonds. The Kier molecular flexibility index (Phi) is 2.12. The Morgan fingerprint density at radius 1 is 1.00 bits per heavy atom. The summed E-state index contributed by atoms with van der Waals surface area (Å²) in [6.45, 7) is 0. The Bertz CT molecular complexity index is 132. The minimum absolute atomic E-state index is 0.207. The first kappa shape index (κ1) is 7.53. The second-order valence-electron chi connectivity index (χ2n) is 3.85. The molecule has 2 atom stereocenters. The van der Waals surface area contributed by atoms with Crippen LogP contribution in [0.25, 0.3) is 0 Å². The number of halogens is 1. The second-order valence-corrected chi connectivity index (χ2v) is 3.85. The number of nitrogens with one attached hydrogen (secondary N) is 1. The van der Waals surface area contributed by atoms with Gasteiger partial charge in [-0.3, -0.25) is 0 Å². The highest BCUT2D eigenvalue weighted by atomic mass is 19.1. The van der Waals surface area contributed by atoms with Gasteiger partial charge in [0, 0.05) is 12.1 Å². The van der Waals surface area contributed by atoms with Crippen LogP contribution in [0.1, 0.15) is 38.5 Å². The normalized spacial score (nSPS) is 39.0. The fourth-order valence-electron chi connectivity index (χ4n) is 2.04. The van der Waals surface area contributed by atoms with Crippen LogP contribution in [0.3, 0.4) is 0 Å². The highest BCUT2D eigenvalue weighted by Crippen LogP contribution is 2.26. The summed E-state index contributed by atoms with van der Waals surface area (Å²) in [5.41, 5.74) is 0. The van der Waals surface area contributed by atoms with Crippen molar-refractivity contribution in [3.05, 3.63) is 0 Å². The van der Waals surface area contributed by atoms with E-state index in [0.29, 0.717) is 6.04 Å². The van der Waals surface area contributed by atoms with Gasteiger partial charge in [-0.2, -0.15) is 0 Å². The van der Waals surface area contributed by atoms with Crippen LogP contribution in [-0.4, -0.2) is 18.3 Å². The summed E-state index contributed by atoms with van der Waals surface area (Å²) in [4.78, 5) is 0. The predicted octanol–water partition coefficient (Wildman–Crippen LogP) is 2.02. The maximum absolute atomic E-state index is 12.8. The molecule has 11 heavy (non-hydrogen) atoms. The van der Waals surface area contributed by atoms with Gasteiger partial charge in [0.1, 0.15) is 6.17 Å². The molecule has 0 aromatic rings. The maximum Gasteiger partial charge on any atom is 0.115 e. The molecule has 0 heterocycles. The molecule has 2 unspecified atom stereocenters. The Labute approximate surface area is 67.4 Å². The van der Waals surface area contributed by atoms with Crippen LogP contribution >= 0.6 is 0 Å². The topological polar surface area (TPSA) is 12.0 Å². The summed E-state index contributed by atoms with van der Waals surface area (Å²) in [5, 5.41) is 3.39. The highest BCUT2D eigenvalue weighted by molar-refractivity contribution is 4.90. The molecule has 0 aromatic carbocycles. The molecule has 2 fully saturated rings. The molecule has 2 saturated carbocycles. The summed E-state index contributed by atoms with van der Waals surface area (Å²) in [5.74, 6) is 0. The van der Waals surface area contributed by atoms with Crippen molar-refractivity contribution in [3.63, 3.8) is 0 Å². The van der Waals surface area contributed by atoms with E-state index in [1.165, 1.54) is 25.7 Å². The van der Waals surface area contributed by atoms with Crippen molar-refractivity contribution in [1.29, 1.82) is 0 Å². The van der Waals surface area contributed by atoms with Crippen LogP contribution in [0.15, 0.2) is 0 Å². The molecule has 0 saturated heterocycles. The fourth-order valence-corrected chi connectivity index (χ4v) is 2.04. The van der Waals surface area contributed by atoms with Crippen molar-refractivity contribution in [3.8, 4) is 0 Å². The van der Waals surface area contributed by atoms with Crippen molar-refractivity contribution in [2.75, 3.05) is 0 Å². The van der Waals surface area contributed by atoms with E-state index in [0.717, 1.165) is 12.8 Å². The van der Waals surface area contributed by atoms with Crippen LogP contribution in [0, 0.1) is 0 Å². The van der Waals surface area contributed by atoms with Crippen LogP contribution in [0.5, 0.6) is 0 Å². The van der Waals surface area contributed by atoms with Crippen LogP contribution < -0.4 is 5.32 Å². The van der Waals surface area contributed by atoms with Crippen molar-refractivity contribution in [1.82, 2.24) is 5.32 Å². The molecular weight excluding hydrogens is 141 g/mol. The van der Waals surface area contributed by atoms with E-state index < -0.39 is 6.17 Å². The number of alkyl halides is 1. The minimum Gasteiger partial charge on any atom is -0.308 e. The van der Waals surface area contributed by atoms with Gasteiger partial charge in [-0.05, 0) is 25.7 Å². The predicted molar refractivity (Wildman–Crippen MR) is 43.3 cm³/mol. The highest BCUT2D eigenvalue weighted by Gasteiger charge is 2.32. The average Bonchev–Trinajstić information content (AvgIpc) is 2.49. The van der Waals surface area contributed by atoms with Crippen molar-refractivity contribution < 1.29 is 4.39 Å². The summed E-state index contributed by atoms with van der Waals surface area (Å²) < 4.78 is 12.8. The third kappa shape index (κ3) is 1.56. The second kappa shape index (κ2) is 3.10. The molecule has 2 heteroatoms. The molecule has 1 nitrogen and oxygen atoms in total. The van der Waals surface area contributed by atoms with Crippen molar-refractivity contribution in [2.45, 2.75) is 56.8 Å². The third-order valence-corrected chi connectivity index (χ3v) is 2.99. The summed E-state index contributed by atoms with van der Waals surface area (Å²) >= 11 is 0. The SMILES string of the molecule is FC1CCC1NC1CCCC1. The smallest absolute Gasteiger partial charge is 0.115 e. The van der Waals surface area contributed by atoms with E-state index in [1.807, 2.05) is 0 Å². The van der Waals surface area contributed by atoms with Crippen LogP contribution in [-0.2, 0) is 0 Å². The monoisotopic (exact) mass is 157 g/mol. The van der Waals surface area contributed by atoms with Gasteiger partial charge in [-0.15, -0.1) is 0 Å². The van der Waals surface area contributed by atoms with E-state index in [4.69, 9.17) is 0 Å². The molecule has 0 spiro atoms. The van der Waals surface area contributed by atoms with Gasteiger partial charge >= 0.3 is 0 Å². The number of rotatable bonds is 2. The maximum atomic E-state index is 12.8. The number of hydrogen-bond donors (Lipinski definition) is 1. The van der Waals surface area contributed by atoms with Gasteiger partial charge in [0.2, 0.25) is 0 Å². The average molecular weight is 157 g/mol. The van der Waals surface area contributed by atoms with E-state index in [1.54, 1.807) is 0 Å². The zero-order chi connectivity index (χ0) is 7.68. The Balaban J connectivity index is 1.72. The molecule has 2 aliphatic carbocycles. The first-order valence-electron chi connectivity index (χ1n) is 4.76. The summed E-state index contributed by atoms with van der Waals surface area (Å²) in [6.07, 6.45) is 6.49. The van der Waals surface area contributed by atoms with Gasteiger partial charge in [-0.25, -0.2) is 4.39 Å². The van der Waals surface area contributed by atoms with E-state index in [-0.39, 0.29) is 6.04 Å². The Morgan fingerprint density at radius 3 is 2.18 bits per heavy atom. The lowest BCUT2D eigenvalue weighted by atomic mass is 9.90. The molecule has 0 aromatic heterocycles. The first-order chi connectivity index (χ1) is 5.36. The zero-order valence-corrected chi connectivity index (χ0v) is 6.85. The molecule has 0 radical (unpaired) electrons. The van der Waals surface area contributed by atoms with Gasteiger partial charge in [0.25, 0.3) is 0 Å². The molecule has 1 N–H and O–H groups in total. The lowest BCUT2D eigenvalue weighted by molar-refractivity contribution is 0.132. The van der Waals surface area contributed by atoms with E-state index in [2.05, 4.69) is 5.32 Å². The molecule has 2 aliphatic rings. The standard InChI is InChI=1S/C9H16FN/c10-8-5-6-9(8)11-7-3-1-2-4-7/h7-9,11H,1-6H2. The Morgan fingerprint density at radius 2 is 1.73 bits per heavy atom. The van der Waals surface area contributed by atoms with Gasteiger partial charge < -0.3 is 5.32 Å². The summed E-state index contributed by atoms with van der Waals surface area (Å²) in [7, 11) is 0. The molecule has 64 valence electrons. The Hall–Kier alpha value is -0.110. The molecule has 2 rings (SSSR count). The molecular formula is C9H16FN. The third-order valence-electron chi connectivity index (χ3n) is 2.99. The lowest BCUT2D eigenvalue weighted by Crippen LogP contribution is -2.49. The van der Waals surface area contributed by atoms with E-state index >= 15 is 0 Å². The van der Waals surface area contributed by atoms with Crippen molar-refractivity contribution >= 4 is 0 Å². The van der Waals surface area contributed by atoms with Gasteiger partial charge in [0.15, 0.2) is 0 Å². The van der Waals surface area contributed by atoms with Crippen LogP contribution in [0.4, 0.5) is 4.39 Å². The zero-order valence-electron chi connectivity index (χ0n) is 6.85. The lowest BCUT2D eigenvalue weighted by Gasteiger charge is -2.33. The quantitative estimate of drug-likeness (QED) is 0.646. The first-order valence-corrected chi connectivity index (χ1v) is 4.76. The summed E-state index contributed by atoms with van der Waals surface area (Å²) in [6, 6.07) is 0.844. The van der Waals surface area contributed by atoms with Gasteiger partial charge in [0.05, 0.1) is 0 Å². The minimum atomic E-state index is -0.546. The number of hydrogen-bond acceptors (Lipinski definition) is 1. The van der Waals surface area contributed by atoms with Crippen molar-refractivity contribution in [2.24, 2.45) is 0 Å².